The number of carboxylic acids is 3. The first kappa shape index (κ1) is 92.2. The van der Waals surface area contributed by atoms with Crippen molar-refractivity contribution in [3.05, 3.63) is 125 Å². The Balaban J connectivity index is 0.000000672. The molecule has 31 nitrogen and oxygen atoms in total. The molecular formula is C71H97N11O20P2S2. The number of amides is 7. The van der Waals surface area contributed by atoms with Crippen molar-refractivity contribution in [2.24, 2.45) is 28.1 Å². The van der Waals surface area contributed by atoms with Crippen LogP contribution >= 0.6 is 14.1 Å². The summed E-state index contributed by atoms with van der Waals surface area (Å²) in [4.78, 5) is 157. The number of guanidine groups is 1. The van der Waals surface area contributed by atoms with E-state index >= 15 is 0 Å². The van der Waals surface area contributed by atoms with Gasteiger partial charge in [-0.2, -0.15) is 9.59 Å². The smallest absolute Gasteiger partial charge is 0.407 e. The van der Waals surface area contributed by atoms with E-state index in [0.29, 0.717) is 63.8 Å². The van der Waals surface area contributed by atoms with Crippen LogP contribution in [0.3, 0.4) is 0 Å². The molecular weight excluding hydrogens is 1450 g/mol. The van der Waals surface area contributed by atoms with E-state index in [4.69, 9.17) is 50.8 Å². The predicted octanol–water partition coefficient (Wildman–Crippen LogP) is 6.81. The van der Waals surface area contributed by atoms with E-state index in [9.17, 15) is 63.0 Å². The number of nitrogens with zero attached hydrogens (tertiary/aromatic N) is 1. The zero-order valence-corrected chi connectivity index (χ0v) is 63.1. The monoisotopic (exact) mass is 1550 g/mol. The summed E-state index contributed by atoms with van der Waals surface area (Å²) >= 11 is 8.82. The fourth-order valence-electron chi connectivity index (χ4n) is 10.4. The van der Waals surface area contributed by atoms with Crippen molar-refractivity contribution in [1.82, 2.24) is 37.2 Å². The highest BCUT2D eigenvalue weighted by atomic mass is 32.7. The number of rotatable bonds is 43. The van der Waals surface area contributed by atoms with E-state index in [1.807, 2.05) is 67.6 Å². The second-order valence-corrected chi connectivity index (χ2v) is 28.9. The number of nitrogens with two attached hydrogens (primary N) is 3. The SMILES string of the molecule is CCOc1ccc(COC(=O)[C@H](CCCCNC(=O)OC(C)(C)C)NC(=O)OCC2c3ccccc3-c3ccccc32)cc1.NCCCC[C@H](NC(=O)[C@H](CCCN=C(N)N)CC(=O)[C@H](Cc1ccccc1)NC(=O)CCNC(=O)CCC(NC(=O)NCCCC(=O)O)C(=O)O)C(=O)O.O=C=O.S=PP=S. The molecule has 1 aliphatic rings. The molecule has 16 N–H and O–H groups in total. The molecule has 4 aromatic rings. The van der Waals surface area contributed by atoms with Gasteiger partial charge in [0.2, 0.25) is 17.7 Å². The van der Waals surface area contributed by atoms with Crippen LogP contribution in [0.1, 0.15) is 146 Å². The van der Waals surface area contributed by atoms with Gasteiger partial charge in [0.05, 0.1) is 12.6 Å². The van der Waals surface area contributed by atoms with Gasteiger partial charge in [-0.3, -0.25) is 29.0 Å². The van der Waals surface area contributed by atoms with Crippen LogP contribution in [0.4, 0.5) is 14.4 Å². The van der Waals surface area contributed by atoms with E-state index in [1.54, 1.807) is 51.1 Å². The van der Waals surface area contributed by atoms with Crippen LogP contribution in [-0.2, 0) is 98.8 Å². The lowest BCUT2D eigenvalue weighted by Crippen LogP contribution is -2.47. The van der Waals surface area contributed by atoms with Crippen LogP contribution in [0.2, 0.25) is 0 Å². The van der Waals surface area contributed by atoms with Crippen molar-refractivity contribution < 1.29 is 96.6 Å². The first-order valence-corrected chi connectivity index (χ1v) is 38.6. The summed E-state index contributed by atoms with van der Waals surface area (Å²) in [6.07, 6.45) is 0.954. The third-order valence-electron chi connectivity index (χ3n) is 15.3. The molecule has 0 saturated heterocycles. The average molecular weight is 1550 g/mol. The van der Waals surface area contributed by atoms with Crippen molar-refractivity contribution in [3.8, 4) is 16.9 Å². The molecule has 5 rings (SSSR count). The number of fused-ring (bicyclic) bond motifs is 3. The Labute approximate surface area is 628 Å². The molecule has 578 valence electrons. The lowest BCUT2D eigenvalue weighted by Gasteiger charge is -2.23. The zero-order chi connectivity index (χ0) is 78.8. The fourth-order valence-corrected chi connectivity index (χ4v) is 10.4. The molecule has 0 fully saturated rings. The normalized spacial score (nSPS) is 12.4. The Kier molecular flexibility index (Phi) is 46.1. The van der Waals surface area contributed by atoms with Gasteiger partial charge in [0.15, 0.2) is 11.7 Å². The number of nitrogens with one attached hydrogen (secondary N) is 7. The largest absolute Gasteiger partial charge is 0.494 e. The van der Waals surface area contributed by atoms with Crippen molar-refractivity contribution in [3.63, 3.8) is 0 Å². The number of aliphatic carboxylic acids is 3. The summed E-state index contributed by atoms with van der Waals surface area (Å²) in [5, 5.41) is 45.4. The number of ether oxygens (including phenoxy) is 4. The first-order valence-electron chi connectivity index (χ1n) is 34.1. The van der Waals surface area contributed by atoms with Gasteiger partial charge < -0.3 is 88.7 Å². The van der Waals surface area contributed by atoms with Crippen LogP contribution < -0.4 is 59.2 Å². The first-order chi connectivity index (χ1) is 50.6. The Morgan fingerprint density at radius 2 is 1.18 bits per heavy atom. The molecule has 0 aromatic heterocycles. The number of aliphatic imine (C=N–C) groups is 1. The van der Waals surface area contributed by atoms with Crippen LogP contribution in [0.5, 0.6) is 5.75 Å². The second kappa shape index (κ2) is 53.0. The molecule has 0 aliphatic heterocycles. The minimum Gasteiger partial charge on any atom is -0.494 e. The number of carbonyl (C=O) groups excluding carboxylic acids is 10. The van der Waals surface area contributed by atoms with Crippen molar-refractivity contribution in [2.75, 3.05) is 45.9 Å². The minimum atomic E-state index is -1.41. The van der Waals surface area contributed by atoms with Crippen LogP contribution in [0, 0.1) is 5.92 Å². The third-order valence-corrected chi connectivity index (χ3v) is 18.0. The minimum absolute atomic E-state index is 0.00458. The molecule has 106 heavy (non-hydrogen) atoms. The average Bonchev–Trinajstić information content (AvgIpc) is 1.62. The number of carbonyl (C=O) groups is 11. The van der Waals surface area contributed by atoms with Gasteiger partial charge in [0.1, 0.15) is 42.7 Å². The van der Waals surface area contributed by atoms with Crippen LogP contribution in [-0.4, -0.2) is 169 Å². The van der Waals surface area contributed by atoms with Gasteiger partial charge in [0, 0.05) is 77.8 Å². The topological polar surface area (TPSA) is 494 Å². The number of carboxylic acid groups (broad SMARTS) is 3. The number of alkyl carbamates (subject to hydrolysis) is 2. The molecule has 7 amide bonds. The van der Waals surface area contributed by atoms with Gasteiger partial charge in [-0.15, -0.1) is 0 Å². The number of hydrogen-bond donors (Lipinski definition) is 13. The Morgan fingerprint density at radius 3 is 1.75 bits per heavy atom. The number of ketones is 1. The standard InChI is InChI=1S/C35H55N9O11.C35H42N2O7.CO2.P2S2/c36-16-5-4-11-24(32(51)52)43-31(50)23(10-6-17-40-34(37)38)21-27(45)26(20-22-8-2-1-3-9-22)42-29(47)15-19-39-28(46)14-13-25(33(53)54)44-35(55)41-18-7-12-30(48)49;1-5-41-25-19-17-24(18-20-25)22-42-32(38)31(16-10-11-21-36-33(39)44-35(2,3)4)37-34(40)43-23-30-28-14-8-6-12-26(28)27-13-7-9-15-29(27)30;2-1-3;3-1-2-4/h1-3,8-9,23-26H,4-7,10-21,36H2,(H,39,46)(H,42,47)(H,43,50)(H,48,49)(H,51,52)(H,53,54)(H4,37,38,40)(H2,41,44,55);6-9,12-15,17-20,30-31H,5,10-11,16,21-23H2,1-4H3,(H,36,39)(H,37,40);;/t23-,24+,25?,26+;31-;;/m10../s1. The van der Waals surface area contributed by atoms with Crippen LogP contribution in [0.25, 0.3) is 11.1 Å². The van der Waals surface area contributed by atoms with E-state index in [0.717, 1.165) is 47.7 Å². The summed E-state index contributed by atoms with van der Waals surface area (Å²) in [6.45, 7) is 8.77. The summed E-state index contributed by atoms with van der Waals surface area (Å²) in [5.41, 5.74) is 21.7. The van der Waals surface area contributed by atoms with Gasteiger partial charge in [0.25, 0.3) is 0 Å². The highest BCUT2D eigenvalue weighted by Crippen LogP contribution is 2.44. The molecule has 0 heterocycles. The van der Waals surface area contributed by atoms with Gasteiger partial charge in [-0.25, -0.2) is 28.8 Å². The van der Waals surface area contributed by atoms with Crippen molar-refractivity contribution in [2.45, 2.75) is 166 Å². The lowest BCUT2D eigenvalue weighted by atomic mass is 9.90. The maximum absolute atomic E-state index is 13.8. The molecule has 0 spiro atoms. The van der Waals surface area contributed by atoms with E-state index < -0.39 is 101 Å². The summed E-state index contributed by atoms with van der Waals surface area (Å²) in [5.74, 6) is -7.06. The van der Waals surface area contributed by atoms with Crippen LogP contribution in [0.15, 0.2) is 108 Å². The third kappa shape index (κ3) is 39.8. The number of esters is 1. The quantitative estimate of drug-likeness (QED) is 0.00540. The van der Waals surface area contributed by atoms with Gasteiger partial charge in [-0.05, 0) is 174 Å². The molecule has 35 heteroatoms. The molecule has 0 radical (unpaired) electrons. The highest BCUT2D eigenvalue weighted by molar-refractivity contribution is 8.40. The number of Topliss-reactive ketones (excluding diaryl/α,β-unsaturated/α-hetero) is 1. The van der Waals surface area contributed by atoms with Gasteiger partial charge in [-0.1, -0.05) is 91.0 Å². The van der Waals surface area contributed by atoms with E-state index in [2.05, 4.69) is 78.0 Å². The maximum Gasteiger partial charge on any atom is 0.407 e. The number of urea groups is 1. The molecule has 1 unspecified atom stereocenters. The summed E-state index contributed by atoms with van der Waals surface area (Å²) < 4.78 is 22.0. The lowest BCUT2D eigenvalue weighted by molar-refractivity contribution is -0.192. The Hall–Kier alpha value is -9.90. The Bertz CT molecular complexity index is 3500. The maximum atomic E-state index is 13.8. The van der Waals surface area contributed by atoms with Gasteiger partial charge >= 0.3 is 48.2 Å². The summed E-state index contributed by atoms with van der Waals surface area (Å²) in [7, 11) is 1.74. The molecule has 5 atom stereocenters. The van der Waals surface area contributed by atoms with Crippen molar-refractivity contribution in [1.29, 1.82) is 0 Å². The Morgan fingerprint density at radius 1 is 0.594 bits per heavy atom. The summed E-state index contributed by atoms with van der Waals surface area (Å²) in [6, 6.07) is 26.8. The number of unbranched alkanes of at least 4 members (excludes halogenated alkanes) is 2. The molecule has 0 bridgehead atoms. The predicted molar refractivity (Wildman–Crippen MR) is 400 cm³/mol. The fraction of sp³-hybridized carbons (Fsp3) is 0.479. The van der Waals surface area contributed by atoms with E-state index in [1.165, 1.54) is 0 Å². The molecule has 4 aromatic carbocycles. The van der Waals surface area contributed by atoms with Crippen molar-refractivity contribution >= 4 is 115 Å². The second-order valence-electron chi connectivity index (χ2n) is 24.6. The molecule has 0 saturated carbocycles. The molecule has 1 aliphatic carbocycles. The highest BCUT2D eigenvalue weighted by Gasteiger charge is 2.33. The number of benzene rings is 4. The number of hydrogen-bond acceptors (Lipinski definition) is 21. The van der Waals surface area contributed by atoms with E-state index in [-0.39, 0.29) is 109 Å². The zero-order valence-electron chi connectivity index (χ0n) is 59.7.